The van der Waals surface area contributed by atoms with Crippen molar-refractivity contribution in [3.05, 3.63) is 29.3 Å². The van der Waals surface area contributed by atoms with Gasteiger partial charge in [0.1, 0.15) is 0 Å². The van der Waals surface area contributed by atoms with Crippen LogP contribution in [0.5, 0.6) is 0 Å². The molecule has 1 fully saturated rings. The van der Waals surface area contributed by atoms with Gasteiger partial charge in [-0.05, 0) is 38.3 Å². The Balaban J connectivity index is 2.33. The maximum Gasteiger partial charge on any atom is 0.304 e. The average Bonchev–Trinajstić information content (AvgIpc) is 2.46. The highest BCUT2D eigenvalue weighted by molar-refractivity contribution is 7.90. The molecule has 1 unspecified atom stereocenters. The van der Waals surface area contributed by atoms with Crippen LogP contribution in [0.2, 0.25) is 0 Å². The number of rotatable bonds is 4. The van der Waals surface area contributed by atoms with Gasteiger partial charge in [0.2, 0.25) is 0 Å². The Morgan fingerprint density at radius 1 is 1.33 bits per heavy atom. The highest BCUT2D eigenvalue weighted by Crippen LogP contribution is 2.27. The molecule has 1 aromatic rings. The second-order valence-corrected chi connectivity index (χ2v) is 7.62. The number of benzene rings is 1. The summed E-state index contributed by atoms with van der Waals surface area (Å²) in [5.41, 5.74) is 2.72. The number of hydrogen-bond acceptors (Lipinski definition) is 3. The first-order valence-corrected chi connectivity index (χ1v) is 8.71. The van der Waals surface area contributed by atoms with E-state index in [-0.39, 0.29) is 12.6 Å². The summed E-state index contributed by atoms with van der Waals surface area (Å²) in [6, 6.07) is 5.41. The molecule has 21 heavy (non-hydrogen) atoms. The van der Waals surface area contributed by atoms with E-state index in [0.29, 0.717) is 12.2 Å². The molecule has 0 aliphatic carbocycles. The summed E-state index contributed by atoms with van der Waals surface area (Å²) in [5, 5.41) is 9.44. The zero-order valence-electron chi connectivity index (χ0n) is 12.9. The molecule has 118 valence electrons. The maximum atomic E-state index is 12.8. The van der Waals surface area contributed by atoms with Gasteiger partial charge in [-0.3, -0.25) is 4.31 Å². The van der Waals surface area contributed by atoms with E-state index in [1.807, 2.05) is 32.0 Å². The van der Waals surface area contributed by atoms with Gasteiger partial charge in [-0.25, -0.2) is 0 Å². The van der Waals surface area contributed by atoms with Crippen LogP contribution in [0.15, 0.2) is 18.2 Å². The third-order valence-electron chi connectivity index (χ3n) is 4.12. The van der Waals surface area contributed by atoms with Crippen LogP contribution in [0.25, 0.3) is 0 Å². The lowest BCUT2D eigenvalue weighted by Gasteiger charge is -2.37. The molecule has 0 bridgehead atoms. The first kappa shape index (κ1) is 16.3. The van der Waals surface area contributed by atoms with Crippen LogP contribution in [0.3, 0.4) is 0 Å². The van der Waals surface area contributed by atoms with Gasteiger partial charge in [0.05, 0.1) is 12.3 Å². The number of aliphatic hydroxyl groups is 1. The number of aryl methyl sites for hydroxylation is 2. The molecule has 0 aromatic heterocycles. The molecule has 0 radical (unpaired) electrons. The SMILES string of the molecule is Cc1ccc(N(C)S(=O)(=O)N2CCCCC2CO)c(C)c1. The molecule has 6 heteroatoms. The highest BCUT2D eigenvalue weighted by atomic mass is 32.2. The molecule has 1 aromatic carbocycles. The van der Waals surface area contributed by atoms with Gasteiger partial charge in [-0.15, -0.1) is 0 Å². The number of nitrogens with zero attached hydrogens (tertiary/aromatic N) is 2. The zero-order valence-corrected chi connectivity index (χ0v) is 13.7. The smallest absolute Gasteiger partial charge is 0.304 e. The molecule has 1 N–H and O–H groups in total. The Morgan fingerprint density at radius 2 is 2.05 bits per heavy atom. The van der Waals surface area contributed by atoms with E-state index in [4.69, 9.17) is 0 Å². The molecular formula is C15H24N2O3S. The van der Waals surface area contributed by atoms with E-state index in [1.54, 1.807) is 7.05 Å². The van der Waals surface area contributed by atoms with E-state index in [1.165, 1.54) is 8.61 Å². The lowest BCUT2D eigenvalue weighted by Crippen LogP contribution is -2.51. The molecule has 1 aliphatic heterocycles. The maximum absolute atomic E-state index is 12.8. The van der Waals surface area contributed by atoms with Crippen LogP contribution in [-0.2, 0) is 10.2 Å². The minimum absolute atomic E-state index is 0.125. The van der Waals surface area contributed by atoms with Crippen molar-refractivity contribution in [2.45, 2.75) is 39.2 Å². The summed E-state index contributed by atoms with van der Waals surface area (Å²) >= 11 is 0. The second kappa shape index (κ2) is 6.34. The predicted octanol–water partition coefficient (Wildman–Crippen LogP) is 1.83. The molecular weight excluding hydrogens is 288 g/mol. The minimum Gasteiger partial charge on any atom is -0.395 e. The molecule has 0 amide bonds. The Labute approximate surface area is 127 Å². The third-order valence-corrected chi connectivity index (χ3v) is 6.08. The fourth-order valence-electron chi connectivity index (χ4n) is 2.90. The predicted molar refractivity (Wildman–Crippen MR) is 84.7 cm³/mol. The monoisotopic (exact) mass is 312 g/mol. The molecule has 0 saturated carbocycles. The van der Waals surface area contributed by atoms with Gasteiger partial charge in [0.15, 0.2) is 0 Å². The number of hydrogen-bond donors (Lipinski definition) is 1. The van der Waals surface area contributed by atoms with Crippen LogP contribution in [0, 0.1) is 13.8 Å². The van der Waals surface area contributed by atoms with Gasteiger partial charge < -0.3 is 5.11 Å². The largest absolute Gasteiger partial charge is 0.395 e. The van der Waals surface area contributed by atoms with E-state index in [9.17, 15) is 13.5 Å². The highest BCUT2D eigenvalue weighted by Gasteiger charge is 2.35. The Bertz CT molecular complexity index is 601. The first-order chi connectivity index (χ1) is 9.87. The summed E-state index contributed by atoms with van der Waals surface area (Å²) in [5.74, 6) is 0. The van der Waals surface area contributed by atoms with Crippen molar-refractivity contribution < 1.29 is 13.5 Å². The fourth-order valence-corrected chi connectivity index (χ4v) is 4.58. The van der Waals surface area contributed by atoms with Crippen molar-refractivity contribution in [2.24, 2.45) is 0 Å². The number of anilines is 1. The van der Waals surface area contributed by atoms with Gasteiger partial charge in [-0.2, -0.15) is 12.7 Å². The lowest BCUT2D eigenvalue weighted by atomic mass is 10.1. The number of piperidine rings is 1. The summed E-state index contributed by atoms with van der Waals surface area (Å²) in [6.45, 7) is 4.24. The van der Waals surface area contributed by atoms with Crippen molar-refractivity contribution >= 4 is 15.9 Å². The van der Waals surface area contributed by atoms with Crippen LogP contribution >= 0.6 is 0 Å². The molecule has 5 nitrogen and oxygen atoms in total. The van der Waals surface area contributed by atoms with Crippen molar-refractivity contribution in [1.82, 2.24) is 4.31 Å². The van der Waals surface area contributed by atoms with Crippen LogP contribution in [0.4, 0.5) is 5.69 Å². The average molecular weight is 312 g/mol. The zero-order chi connectivity index (χ0) is 15.6. The normalized spacial score (nSPS) is 20.5. The second-order valence-electron chi connectivity index (χ2n) is 5.71. The molecule has 1 atom stereocenters. The summed E-state index contributed by atoms with van der Waals surface area (Å²) < 4.78 is 28.4. The molecule has 2 rings (SSSR count). The summed E-state index contributed by atoms with van der Waals surface area (Å²) in [6.07, 6.45) is 2.53. The third kappa shape index (κ3) is 3.22. The van der Waals surface area contributed by atoms with Crippen molar-refractivity contribution in [3.8, 4) is 0 Å². The van der Waals surface area contributed by atoms with Crippen LogP contribution < -0.4 is 4.31 Å². The van der Waals surface area contributed by atoms with Crippen LogP contribution in [-0.4, -0.2) is 44.1 Å². The summed E-state index contributed by atoms with van der Waals surface area (Å²) in [7, 11) is -2.03. The van der Waals surface area contributed by atoms with E-state index >= 15 is 0 Å². The van der Waals surface area contributed by atoms with Crippen molar-refractivity contribution in [2.75, 3.05) is 24.5 Å². The Hall–Kier alpha value is -1.11. The van der Waals surface area contributed by atoms with Crippen molar-refractivity contribution in [1.29, 1.82) is 0 Å². The van der Waals surface area contributed by atoms with E-state index in [2.05, 4.69) is 0 Å². The molecule has 1 heterocycles. The van der Waals surface area contributed by atoms with E-state index < -0.39 is 10.2 Å². The lowest BCUT2D eigenvalue weighted by molar-refractivity contribution is 0.155. The summed E-state index contributed by atoms with van der Waals surface area (Å²) in [4.78, 5) is 0. The molecule has 1 aliphatic rings. The quantitative estimate of drug-likeness (QED) is 0.922. The van der Waals surface area contributed by atoms with E-state index in [0.717, 1.165) is 30.4 Å². The Kier molecular flexibility index (Phi) is 4.91. The molecule has 1 saturated heterocycles. The standard InChI is InChI=1S/C15H24N2O3S/c1-12-7-8-15(13(2)10-12)16(3)21(19,20)17-9-5-4-6-14(17)11-18/h7-8,10,14,18H,4-6,9,11H2,1-3H3. The Morgan fingerprint density at radius 3 is 2.67 bits per heavy atom. The fraction of sp³-hybridized carbons (Fsp3) is 0.600. The van der Waals surface area contributed by atoms with Gasteiger partial charge in [-0.1, -0.05) is 24.1 Å². The first-order valence-electron chi connectivity index (χ1n) is 7.31. The van der Waals surface area contributed by atoms with Gasteiger partial charge >= 0.3 is 10.2 Å². The van der Waals surface area contributed by atoms with Gasteiger partial charge in [0.25, 0.3) is 0 Å². The number of aliphatic hydroxyl groups excluding tert-OH is 1. The van der Waals surface area contributed by atoms with Crippen molar-refractivity contribution in [3.63, 3.8) is 0 Å². The van der Waals surface area contributed by atoms with Gasteiger partial charge in [0, 0.05) is 19.6 Å². The topological polar surface area (TPSA) is 60.9 Å². The minimum atomic E-state index is -3.61. The van der Waals surface area contributed by atoms with Crippen LogP contribution in [0.1, 0.15) is 30.4 Å². The molecule has 0 spiro atoms.